The molecule has 0 atom stereocenters. The van der Waals surface area contributed by atoms with Gasteiger partial charge in [0, 0.05) is 12.3 Å². The zero-order chi connectivity index (χ0) is 5.98. The van der Waals surface area contributed by atoms with Gasteiger partial charge < -0.3 is 5.73 Å². The molecule has 0 fully saturated rings. The molecule has 0 aliphatic rings. The second-order valence-electron chi connectivity index (χ2n) is 1.32. The molecule has 0 spiro atoms. The molecule has 4 nitrogen and oxygen atoms in total. The maximum Gasteiger partial charge on any atom is 0.223 e. The van der Waals surface area contributed by atoms with Crippen LogP contribution < -0.4 is 11.2 Å². The molecule has 1 aromatic heterocycles. The molecule has 3 N–H and O–H groups in total. The van der Waals surface area contributed by atoms with Gasteiger partial charge in [-0.2, -0.15) is 5.10 Å². The molecule has 1 rings (SSSR count). The van der Waals surface area contributed by atoms with Crippen LogP contribution in [-0.2, 0) is 0 Å². The van der Waals surface area contributed by atoms with Gasteiger partial charge in [-0.3, -0.25) is 9.89 Å². The number of hydrogen-bond donors (Lipinski definition) is 2. The summed E-state index contributed by atoms with van der Waals surface area (Å²) in [5.41, 5.74) is 4.82. The maximum atomic E-state index is 10.4. The summed E-state index contributed by atoms with van der Waals surface area (Å²) in [6, 6.07) is 1.32. The van der Waals surface area contributed by atoms with Gasteiger partial charge in [0.05, 0.1) is 0 Å². The molecule has 1 aromatic rings. The lowest BCUT2D eigenvalue weighted by Gasteiger charge is -1.83. The van der Waals surface area contributed by atoms with E-state index in [2.05, 4.69) is 10.2 Å². The lowest BCUT2D eigenvalue weighted by atomic mass is 10.5. The standard InChI is InChI=1S/C4H5N3O/c5-4-3(8)1-2-6-7-4/h1-2H,(H2,5,7)(H,6,8). The number of aromatic nitrogens is 2. The van der Waals surface area contributed by atoms with E-state index in [4.69, 9.17) is 5.73 Å². The smallest absolute Gasteiger partial charge is 0.223 e. The number of rotatable bonds is 0. The predicted octanol–water partition coefficient (Wildman–Crippen LogP) is -0.648. The Morgan fingerprint density at radius 2 is 2.50 bits per heavy atom. The topological polar surface area (TPSA) is 71.8 Å². The number of nitrogens with zero attached hydrogens (tertiary/aromatic N) is 1. The van der Waals surface area contributed by atoms with Crippen molar-refractivity contribution >= 4 is 5.82 Å². The average molecular weight is 111 g/mol. The van der Waals surface area contributed by atoms with Crippen molar-refractivity contribution < 1.29 is 0 Å². The molecule has 0 unspecified atom stereocenters. The zero-order valence-corrected chi connectivity index (χ0v) is 4.09. The van der Waals surface area contributed by atoms with E-state index in [-0.39, 0.29) is 11.2 Å². The molecule has 0 bridgehead atoms. The van der Waals surface area contributed by atoms with Crippen molar-refractivity contribution in [1.82, 2.24) is 10.2 Å². The number of aromatic amines is 1. The van der Waals surface area contributed by atoms with Crippen molar-refractivity contribution in [3.8, 4) is 0 Å². The second kappa shape index (κ2) is 1.65. The SMILES string of the molecule is Nc1n[nH]ccc1=O. The maximum absolute atomic E-state index is 10.4. The quantitative estimate of drug-likeness (QED) is 0.467. The number of nitrogen functional groups attached to an aromatic ring is 1. The molecule has 0 aliphatic carbocycles. The van der Waals surface area contributed by atoms with Crippen molar-refractivity contribution in [3.05, 3.63) is 22.5 Å². The Morgan fingerprint density at radius 3 is 2.88 bits per heavy atom. The first-order chi connectivity index (χ1) is 3.80. The van der Waals surface area contributed by atoms with Gasteiger partial charge in [0.15, 0.2) is 5.82 Å². The Bertz CT molecular complexity index is 229. The Balaban J connectivity index is 3.35. The van der Waals surface area contributed by atoms with Gasteiger partial charge in [-0.1, -0.05) is 0 Å². The van der Waals surface area contributed by atoms with Gasteiger partial charge in [0.25, 0.3) is 0 Å². The summed E-state index contributed by atoms with van der Waals surface area (Å²) in [4.78, 5) is 10.4. The molecule has 42 valence electrons. The lowest BCUT2D eigenvalue weighted by Crippen LogP contribution is -2.08. The normalized spacial score (nSPS) is 9.00. The highest BCUT2D eigenvalue weighted by Gasteiger charge is 1.86. The van der Waals surface area contributed by atoms with E-state index < -0.39 is 0 Å². The Morgan fingerprint density at radius 1 is 1.75 bits per heavy atom. The molecule has 4 heteroatoms. The number of H-pyrrole nitrogens is 1. The number of hydrogen-bond acceptors (Lipinski definition) is 3. The third-order valence-corrected chi connectivity index (χ3v) is 0.747. The summed E-state index contributed by atoms with van der Waals surface area (Å²) in [5.74, 6) is 0.00694. The van der Waals surface area contributed by atoms with Crippen LogP contribution in [0.1, 0.15) is 0 Å². The first kappa shape index (κ1) is 4.83. The highest BCUT2D eigenvalue weighted by molar-refractivity contribution is 5.23. The Hall–Kier alpha value is -1.32. The third-order valence-electron chi connectivity index (χ3n) is 0.747. The van der Waals surface area contributed by atoms with Crippen LogP contribution in [0.5, 0.6) is 0 Å². The van der Waals surface area contributed by atoms with Crippen molar-refractivity contribution in [2.24, 2.45) is 0 Å². The molecule has 0 amide bonds. The van der Waals surface area contributed by atoms with Crippen molar-refractivity contribution in [3.63, 3.8) is 0 Å². The van der Waals surface area contributed by atoms with Gasteiger partial charge in [-0.25, -0.2) is 0 Å². The van der Waals surface area contributed by atoms with Crippen LogP contribution >= 0.6 is 0 Å². The van der Waals surface area contributed by atoms with E-state index in [1.807, 2.05) is 0 Å². The van der Waals surface area contributed by atoms with Gasteiger partial charge in [0.2, 0.25) is 5.43 Å². The van der Waals surface area contributed by atoms with Crippen LogP contribution in [0.25, 0.3) is 0 Å². The fourth-order valence-electron chi connectivity index (χ4n) is 0.360. The third kappa shape index (κ3) is 0.676. The minimum atomic E-state index is -0.247. The van der Waals surface area contributed by atoms with Crippen LogP contribution in [0.15, 0.2) is 17.1 Å². The number of anilines is 1. The minimum Gasteiger partial charge on any atom is -0.379 e. The molecule has 0 saturated carbocycles. The Kier molecular flexibility index (Phi) is 0.997. The predicted molar refractivity (Wildman–Crippen MR) is 29.3 cm³/mol. The monoisotopic (exact) mass is 111 g/mol. The van der Waals surface area contributed by atoms with E-state index in [0.29, 0.717) is 0 Å². The molecule has 0 saturated heterocycles. The van der Waals surface area contributed by atoms with Crippen LogP contribution in [0.2, 0.25) is 0 Å². The number of nitrogens with one attached hydrogen (secondary N) is 1. The summed E-state index contributed by atoms with van der Waals surface area (Å²) in [6.45, 7) is 0. The van der Waals surface area contributed by atoms with Crippen molar-refractivity contribution in [2.75, 3.05) is 5.73 Å². The molecule has 8 heavy (non-hydrogen) atoms. The van der Waals surface area contributed by atoms with Crippen LogP contribution in [0.3, 0.4) is 0 Å². The molecular weight excluding hydrogens is 106 g/mol. The zero-order valence-electron chi connectivity index (χ0n) is 4.09. The second-order valence-corrected chi connectivity index (χ2v) is 1.32. The summed E-state index contributed by atoms with van der Waals surface area (Å²) in [7, 11) is 0. The first-order valence-electron chi connectivity index (χ1n) is 2.10. The lowest BCUT2D eigenvalue weighted by molar-refractivity contribution is 1.03. The van der Waals surface area contributed by atoms with E-state index in [1.165, 1.54) is 12.3 Å². The summed E-state index contributed by atoms with van der Waals surface area (Å²) in [6.07, 6.45) is 1.43. The first-order valence-corrected chi connectivity index (χ1v) is 2.10. The van der Waals surface area contributed by atoms with Crippen LogP contribution in [0, 0.1) is 0 Å². The summed E-state index contributed by atoms with van der Waals surface area (Å²) < 4.78 is 0. The number of nitrogens with two attached hydrogens (primary N) is 1. The van der Waals surface area contributed by atoms with E-state index in [1.54, 1.807) is 0 Å². The van der Waals surface area contributed by atoms with Crippen molar-refractivity contribution in [1.29, 1.82) is 0 Å². The fourth-order valence-corrected chi connectivity index (χ4v) is 0.360. The minimum absolute atomic E-state index is 0.00694. The van der Waals surface area contributed by atoms with Gasteiger partial charge >= 0.3 is 0 Å². The van der Waals surface area contributed by atoms with Crippen LogP contribution in [-0.4, -0.2) is 10.2 Å². The highest BCUT2D eigenvalue weighted by atomic mass is 16.1. The summed E-state index contributed by atoms with van der Waals surface area (Å²) in [5, 5.41) is 5.85. The van der Waals surface area contributed by atoms with Crippen molar-refractivity contribution in [2.45, 2.75) is 0 Å². The van der Waals surface area contributed by atoms with Gasteiger partial charge in [-0.05, 0) is 0 Å². The summed E-state index contributed by atoms with van der Waals surface area (Å²) >= 11 is 0. The molecule has 0 aromatic carbocycles. The molecular formula is C4H5N3O. The van der Waals surface area contributed by atoms with E-state index in [0.717, 1.165) is 0 Å². The van der Waals surface area contributed by atoms with E-state index in [9.17, 15) is 4.79 Å². The Labute approximate surface area is 45.3 Å². The average Bonchev–Trinajstić information content (AvgIpc) is 1.77. The van der Waals surface area contributed by atoms with Crippen LogP contribution in [0.4, 0.5) is 5.82 Å². The van der Waals surface area contributed by atoms with Gasteiger partial charge in [0.1, 0.15) is 0 Å². The molecule has 0 aliphatic heterocycles. The van der Waals surface area contributed by atoms with E-state index >= 15 is 0 Å². The fraction of sp³-hybridized carbons (Fsp3) is 0. The van der Waals surface area contributed by atoms with Gasteiger partial charge in [-0.15, -0.1) is 0 Å². The molecule has 0 radical (unpaired) electrons. The molecule has 1 heterocycles. The largest absolute Gasteiger partial charge is 0.379 e. The highest BCUT2D eigenvalue weighted by Crippen LogP contribution is 1.75.